The van der Waals surface area contributed by atoms with E-state index in [1.54, 1.807) is 0 Å². The number of hydrogen-bond donors (Lipinski definition) is 1. The van der Waals surface area contributed by atoms with Crippen molar-refractivity contribution in [3.05, 3.63) is 40.4 Å². The number of nitrogens with one attached hydrogen (secondary N) is 1. The zero-order valence-corrected chi connectivity index (χ0v) is 16.1. The number of fused-ring (bicyclic) bond motifs is 2. The largest absolute Gasteiger partial charge is 0.332 e. The molecule has 0 unspecified atom stereocenters. The van der Waals surface area contributed by atoms with Crippen LogP contribution in [-0.4, -0.2) is 62.6 Å². The van der Waals surface area contributed by atoms with Crippen molar-refractivity contribution in [2.45, 2.75) is 31.7 Å². The molecule has 2 aliphatic rings. The Hall–Kier alpha value is -2.32. The van der Waals surface area contributed by atoms with E-state index in [2.05, 4.69) is 32.1 Å². The molecule has 0 spiro atoms. The van der Waals surface area contributed by atoms with Crippen LogP contribution in [0, 0.1) is 0 Å². The quantitative estimate of drug-likeness (QED) is 0.736. The van der Waals surface area contributed by atoms with E-state index in [-0.39, 0.29) is 5.91 Å². The summed E-state index contributed by atoms with van der Waals surface area (Å²) in [5, 5.41) is 10.7. The van der Waals surface area contributed by atoms with Gasteiger partial charge in [0.15, 0.2) is 0 Å². The van der Waals surface area contributed by atoms with E-state index in [0.29, 0.717) is 24.7 Å². The zero-order valence-electron chi connectivity index (χ0n) is 15.3. The van der Waals surface area contributed by atoms with E-state index < -0.39 is 0 Å². The van der Waals surface area contributed by atoms with E-state index in [1.165, 1.54) is 34.6 Å². The van der Waals surface area contributed by atoms with Crippen molar-refractivity contribution in [2.75, 3.05) is 26.7 Å². The summed E-state index contributed by atoms with van der Waals surface area (Å²) in [7, 11) is 2.17. The highest BCUT2D eigenvalue weighted by molar-refractivity contribution is 7.16. The predicted octanol–water partition coefficient (Wildman–Crippen LogP) is 2.42. The van der Waals surface area contributed by atoms with E-state index in [9.17, 15) is 4.79 Å². The first-order valence-electron chi connectivity index (χ1n) is 9.42. The number of amides is 1. The third-order valence-corrected chi connectivity index (χ3v) is 6.64. The fourth-order valence-corrected chi connectivity index (χ4v) is 4.95. The molecule has 5 rings (SSSR count). The monoisotopic (exact) mass is 382 g/mol. The Kier molecular flexibility index (Phi) is 4.17. The Morgan fingerprint density at radius 1 is 1.26 bits per heavy atom. The summed E-state index contributed by atoms with van der Waals surface area (Å²) in [6, 6.07) is 1.93. The average Bonchev–Trinajstić information content (AvgIpc) is 3.34. The molecule has 0 saturated carbocycles. The second-order valence-electron chi connectivity index (χ2n) is 7.48. The lowest BCUT2D eigenvalue weighted by Crippen LogP contribution is -2.37. The highest BCUT2D eigenvalue weighted by atomic mass is 32.1. The van der Waals surface area contributed by atoms with Gasteiger partial charge < -0.3 is 9.80 Å². The van der Waals surface area contributed by atoms with Gasteiger partial charge in [-0.3, -0.25) is 9.89 Å². The molecule has 3 aromatic rings. The van der Waals surface area contributed by atoms with Gasteiger partial charge in [-0.05, 0) is 44.4 Å². The maximum Gasteiger partial charge on any atom is 0.273 e. The average molecular weight is 382 g/mol. The molecule has 5 heterocycles. The number of nitrogens with zero attached hydrogens (tertiary/aromatic N) is 5. The molecular weight excluding hydrogens is 360 g/mol. The fourth-order valence-electron chi connectivity index (χ4n) is 4.22. The van der Waals surface area contributed by atoms with Gasteiger partial charge in [-0.25, -0.2) is 9.97 Å². The van der Waals surface area contributed by atoms with Crippen LogP contribution in [-0.2, 0) is 13.0 Å². The van der Waals surface area contributed by atoms with Crippen LogP contribution in [0.1, 0.15) is 46.2 Å². The molecule has 1 amide bonds. The van der Waals surface area contributed by atoms with Crippen molar-refractivity contribution in [2.24, 2.45) is 0 Å². The van der Waals surface area contributed by atoms with E-state index in [0.717, 1.165) is 42.6 Å². The summed E-state index contributed by atoms with van der Waals surface area (Å²) in [4.78, 5) is 26.9. The van der Waals surface area contributed by atoms with Gasteiger partial charge >= 0.3 is 0 Å². The normalized spacial score (nSPS) is 18.8. The van der Waals surface area contributed by atoms with Crippen LogP contribution in [0.3, 0.4) is 0 Å². The summed E-state index contributed by atoms with van der Waals surface area (Å²) in [6.07, 6.45) is 4.56. The minimum Gasteiger partial charge on any atom is -0.332 e. The maximum absolute atomic E-state index is 13.2. The molecule has 7 nitrogen and oxygen atoms in total. The molecule has 0 bridgehead atoms. The van der Waals surface area contributed by atoms with Gasteiger partial charge in [0.25, 0.3) is 5.91 Å². The number of carbonyl (C=O) groups excluding carboxylic acids is 1. The first-order valence-corrected chi connectivity index (χ1v) is 10.3. The molecule has 2 aliphatic heterocycles. The summed E-state index contributed by atoms with van der Waals surface area (Å²) >= 11 is 1.54. The molecule has 1 saturated heterocycles. The van der Waals surface area contributed by atoms with Crippen LogP contribution in [0.4, 0.5) is 0 Å². The lowest BCUT2D eigenvalue weighted by molar-refractivity contribution is 0.0729. The minimum atomic E-state index is -0.0121. The SMILES string of the molecule is CN1CCC(c2n[nH]c3c2CN(C(=O)c2ncnc4sccc24)CC3)CC1. The topological polar surface area (TPSA) is 78.0 Å². The van der Waals surface area contributed by atoms with E-state index in [1.807, 2.05) is 16.3 Å². The first-order chi connectivity index (χ1) is 13.2. The molecule has 3 aromatic heterocycles. The standard InChI is InChI=1S/C19H22N6OS/c1-24-6-2-12(3-7-24)16-14-10-25(8-4-15(14)22-23-16)19(26)17-13-5-9-27-18(13)21-11-20-17/h5,9,11-12H,2-4,6-8,10H2,1H3,(H,22,23). The van der Waals surface area contributed by atoms with Crippen LogP contribution < -0.4 is 0 Å². The molecule has 8 heteroatoms. The van der Waals surface area contributed by atoms with Crippen molar-refractivity contribution in [3.8, 4) is 0 Å². The van der Waals surface area contributed by atoms with Crippen LogP contribution in [0.5, 0.6) is 0 Å². The van der Waals surface area contributed by atoms with Gasteiger partial charge in [-0.15, -0.1) is 11.3 Å². The highest BCUT2D eigenvalue weighted by Crippen LogP contribution is 2.33. The Bertz CT molecular complexity index is 987. The van der Waals surface area contributed by atoms with Gasteiger partial charge in [0.1, 0.15) is 16.9 Å². The number of likely N-dealkylation sites (tertiary alicyclic amines) is 1. The van der Waals surface area contributed by atoms with Gasteiger partial charge in [0.2, 0.25) is 0 Å². The fraction of sp³-hybridized carbons (Fsp3) is 0.474. The van der Waals surface area contributed by atoms with Gasteiger partial charge in [0.05, 0.1) is 5.69 Å². The van der Waals surface area contributed by atoms with Crippen molar-refractivity contribution in [1.82, 2.24) is 30.0 Å². The number of piperidine rings is 1. The molecule has 0 aromatic carbocycles. The lowest BCUT2D eigenvalue weighted by Gasteiger charge is -2.31. The smallest absolute Gasteiger partial charge is 0.273 e. The van der Waals surface area contributed by atoms with Crippen LogP contribution in [0.15, 0.2) is 17.8 Å². The number of carbonyl (C=O) groups is 1. The summed E-state index contributed by atoms with van der Waals surface area (Å²) in [6.45, 7) is 3.51. The molecule has 1 fully saturated rings. The number of H-pyrrole nitrogens is 1. The summed E-state index contributed by atoms with van der Waals surface area (Å²) in [5.74, 6) is 0.473. The Morgan fingerprint density at radius 3 is 2.96 bits per heavy atom. The van der Waals surface area contributed by atoms with Crippen LogP contribution in [0.25, 0.3) is 10.2 Å². The van der Waals surface area contributed by atoms with Crippen molar-refractivity contribution in [1.29, 1.82) is 0 Å². The second-order valence-corrected chi connectivity index (χ2v) is 8.38. The number of thiophene rings is 1. The van der Waals surface area contributed by atoms with Crippen molar-refractivity contribution in [3.63, 3.8) is 0 Å². The molecule has 0 atom stereocenters. The third kappa shape index (κ3) is 2.93. The van der Waals surface area contributed by atoms with Gasteiger partial charge in [-0.2, -0.15) is 5.10 Å². The van der Waals surface area contributed by atoms with Crippen LogP contribution in [0.2, 0.25) is 0 Å². The Morgan fingerprint density at radius 2 is 2.11 bits per heavy atom. The van der Waals surface area contributed by atoms with E-state index in [4.69, 9.17) is 0 Å². The molecular formula is C19H22N6OS. The number of aromatic nitrogens is 4. The van der Waals surface area contributed by atoms with E-state index >= 15 is 0 Å². The number of rotatable bonds is 2. The van der Waals surface area contributed by atoms with Crippen molar-refractivity contribution < 1.29 is 4.79 Å². The summed E-state index contributed by atoms with van der Waals surface area (Å²) in [5.41, 5.74) is 4.09. The highest BCUT2D eigenvalue weighted by Gasteiger charge is 2.31. The molecule has 1 N–H and O–H groups in total. The van der Waals surface area contributed by atoms with Crippen LogP contribution >= 0.6 is 11.3 Å². The van der Waals surface area contributed by atoms with Crippen molar-refractivity contribution >= 4 is 27.5 Å². The first kappa shape index (κ1) is 16.8. The third-order valence-electron chi connectivity index (χ3n) is 5.82. The van der Waals surface area contributed by atoms with Gasteiger partial charge in [0, 0.05) is 42.1 Å². The molecule has 140 valence electrons. The van der Waals surface area contributed by atoms with Gasteiger partial charge in [-0.1, -0.05) is 0 Å². The predicted molar refractivity (Wildman–Crippen MR) is 104 cm³/mol. The lowest BCUT2D eigenvalue weighted by atomic mass is 9.89. The number of aromatic amines is 1. The molecule has 0 aliphatic carbocycles. The number of hydrogen-bond acceptors (Lipinski definition) is 6. The zero-order chi connectivity index (χ0) is 18.4. The Labute approximate surface area is 161 Å². The molecule has 27 heavy (non-hydrogen) atoms. The summed E-state index contributed by atoms with van der Waals surface area (Å²) < 4.78 is 0. The minimum absolute atomic E-state index is 0.0121. The second kappa shape index (κ2) is 6.69. The Balaban J connectivity index is 1.41. The molecule has 0 radical (unpaired) electrons. The maximum atomic E-state index is 13.2.